The summed E-state index contributed by atoms with van der Waals surface area (Å²) in [6.07, 6.45) is 24.7. The van der Waals surface area contributed by atoms with Gasteiger partial charge in [-0.1, -0.05) is 115 Å². The van der Waals surface area contributed by atoms with Crippen molar-refractivity contribution in [3.05, 3.63) is 142 Å². The predicted octanol–water partition coefficient (Wildman–Crippen LogP) is 9.20. The van der Waals surface area contributed by atoms with Crippen LogP contribution in [0.25, 0.3) is 44.3 Å². The normalized spacial score (nSPS) is 20.2. The summed E-state index contributed by atoms with van der Waals surface area (Å²) in [4.78, 5) is 0. The van der Waals surface area contributed by atoms with Crippen molar-refractivity contribution in [2.75, 3.05) is 0 Å². The van der Waals surface area contributed by atoms with E-state index < -0.39 is 0 Å². The first-order valence-electron chi connectivity index (χ1n) is 15.0. The largest absolute Gasteiger partial charge is 0.0839 e. The summed E-state index contributed by atoms with van der Waals surface area (Å²) >= 11 is 0. The van der Waals surface area contributed by atoms with E-state index in [9.17, 15) is 0 Å². The molecular weight excluding hydrogens is 480 g/mol. The molecule has 0 spiro atoms. The van der Waals surface area contributed by atoms with Crippen molar-refractivity contribution in [2.45, 2.75) is 44.9 Å². The molecule has 0 amide bonds. The molecule has 1 atom stereocenters. The zero-order valence-electron chi connectivity index (χ0n) is 23.0. The standard InChI is InChI=1S/C40H34/c1-2-12-31-26-32(25-20-27(31)10-1)40-37-17-7-5-15-35(37)39(36-16-6-8-18-38(36)40)30-23-21-29(22-24-30)34-19-9-13-28-11-3-4-14-33(28)34/h1-8,11-18,21,23,26-27H,9-10,19-20,22,24-25H2. The fourth-order valence-corrected chi connectivity index (χ4v) is 7.65. The van der Waals surface area contributed by atoms with Crippen molar-refractivity contribution in [3.63, 3.8) is 0 Å². The minimum atomic E-state index is 0.686. The number of hydrogen-bond donors (Lipinski definition) is 0. The van der Waals surface area contributed by atoms with Crippen LogP contribution in [-0.2, 0) is 0 Å². The van der Waals surface area contributed by atoms with Gasteiger partial charge in [0.25, 0.3) is 0 Å². The molecule has 1 unspecified atom stereocenters. The molecule has 0 heterocycles. The van der Waals surface area contributed by atoms with Gasteiger partial charge in [0, 0.05) is 0 Å². The molecular formula is C40H34. The summed E-state index contributed by atoms with van der Waals surface area (Å²) in [5.74, 6) is 0.686. The summed E-state index contributed by atoms with van der Waals surface area (Å²) in [6.45, 7) is 0. The van der Waals surface area contributed by atoms with Gasteiger partial charge in [0.1, 0.15) is 0 Å². The van der Waals surface area contributed by atoms with Crippen molar-refractivity contribution < 1.29 is 0 Å². The molecule has 0 nitrogen and oxygen atoms in total. The van der Waals surface area contributed by atoms with Crippen LogP contribution in [0.2, 0.25) is 0 Å². The minimum absolute atomic E-state index is 0.686. The van der Waals surface area contributed by atoms with Crippen LogP contribution in [0, 0.1) is 5.92 Å². The van der Waals surface area contributed by atoms with Crippen LogP contribution < -0.4 is 10.4 Å². The van der Waals surface area contributed by atoms with Gasteiger partial charge in [0.05, 0.1) is 0 Å². The van der Waals surface area contributed by atoms with E-state index in [0.29, 0.717) is 5.92 Å². The zero-order chi connectivity index (χ0) is 26.5. The van der Waals surface area contributed by atoms with E-state index in [4.69, 9.17) is 0 Å². The summed E-state index contributed by atoms with van der Waals surface area (Å²) in [5, 5.41) is 8.42. The third-order valence-electron chi connectivity index (χ3n) is 9.58. The second-order valence-electron chi connectivity index (χ2n) is 11.8. The van der Waals surface area contributed by atoms with Gasteiger partial charge in [-0.3, -0.25) is 0 Å². The van der Waals surface area contributed by atoms with Crippen molar-refractivity contribution in [1.29, 1.82) is 0 Å². The second-order valence-corrected chi connectivity index (χ2v) is 11.8. The maximum absolute atomic E-state index is 2.51. The Morgan fingerprint density at radius 3 is 1.95 bits per heavy atom. The van der Waals surface area contributed by atoms with E-state index in [-0.39, 0.29) is 0 Å². The average molecular weight is 515 g/mol. The fourth-order valence-electron chi connectivity index (χ4n) is 7.65. The Labute approximate surface area is 236 Å². The zero-order valence-corrected chi connectivity index (χ0v) is 23.0. The topological polar surface area (TPSA) is 0 Å². The monoisotopic (exact) mass is 514 g/mol. The molecule has 0 saturated heterocycles. The Morgan fingerprint density at radius 1 is 0.575 bits per heavy atom. The number of benzene rings is 4. The quantitative estimate of drug-likeness (QED) is 0.239. The average Bonchev–Trinajstić information content (AvgIpc) is 3.03. The highest BCUT2D eigenvalue weighted by atomic mass is 14.3. The highest BCUT2D eigenvalue weighted by molar-refractivity contribution is 6.16. The number of allylic oxidation sites excluding steroid dienone is 10. The van der Waals surface area contributed by atoms with Gasteiger partial charge in [-0.05, 0) is 122 Å². The molecule has 194 valence electrons. The van der Waals surface area contributed by atoms with Crippen LogP contribution >= 0.6 is 0 Å². The van der Waals surface area contributed by atoms with Crippen molar-refractivity contribution >= 4 is 44.3 Å². The predicted molar refractivity (Wildman–Crippen MR) is 172 cm³/mol. The van der Waals surface area contributed by atoms with Crippen molar-refractivity contribution in [3.8, 4) is 0 Å². The molecule has 4 aliphatic rings. The van der Waals surface area contributed by atoms with Gasteiger partial charge in [-0.25, -0.2) is 0 Å². The molecule has 4 aliphatic carbocycles. The lowest BCUT2D eigenvalue weighted by atomic mass is 9.76. The van der Waals surface area contributed by atoms with Gasteiger partial charge in [0.2, 0.25) is 0 Å². The van der Waals surface area contributed by atoms with Crippen molar-refractivity contribution in [1.82, 2.24) is 0 Å². The maximum Gasteiger partial charge on any atom is -0.00667 e. The third-order valence-corrected chi connectivity index (χ3v) is 9.58. The maximum atomic E-state index is 2.51. The van der Waals surface area contributed by atoms with Crippen LogP contribution in [0.1, 0.15) is 56.1 Å². The summed E-state index contributed by atoms with van der Waals surface area (Å²) in [7, 11) is 0. The van der Waals surface area contributed by atoms with Crippen molar-refractivity contribution in [2.24, 2.45) is 5.92 Å². The third kappa shape index (κ3) is 3.89. The molecule has 0 aromatic heterocycles. The van der Waals surface area contributed by atoms with Crippen LogP contribution in [-0.4, -0.2) is 0 Å². The SMILES string of the molecule is C1=CCC2CCC(c3c4ccccc4c(C4=CC=C(C5=c6ccccc6=CCC5)CC4)c4ccccc34)=CC2=C1. The molecule has 0 N–H and O–H groups in total. The van der Waals surface area contributed by atoms with Gasteiger partial charge in [0.15, 0.2) is 0 Å². The van der Waals surface area contributed by atoms with E-state index in [0.717, 1.165) is 32.1 Å². The number of fused-ring (bicyclic) bond motifs is 4. The van der Waals surface area contributed by atoms with E-state index in [2.05, 4.69) is 115 Å². The number of rotatable bonds is 3. The fraction of sp³-hybridized carbons (Fsp3) is 0.200. The molecule has 0 aliphatic heterocycles. The van der Waals surface area contributed by atoms with Gasteiger partial charge >= 0.3 is 0 Å². The Balaban J connectivity index is 1.32. The molecule has 0 heteroatoms. The Kier molecular flexibility index (Phi) is 5.80. The van der Waals surface area contributed by atoms with E-state index in [1.54, 1.807) is 5.57 Å². The summed E-state index contributed by atoms with van der Waals surface area (Å²) < 4.78 is 0. The minimum Gasteiger partial charge on any atom is -0.0839 e. The Morgan fingerprint density at radius 2 is 1.23 bits per heavy atom. The van der Waals surface area contributed by atoms with Gasteiger partial charge in [-0.2, -0.15) is 0 Å². The van der Waals surface area contributed by atoms with E-state index >= 15 is 0 Å². The molecule has 0 radical (unpaired) electrons. The highest BCUT2D eigenvalue weighted by Gasteiger charge is 2.25. The van der Waals surface area contributed by atoms with Crippen LogP contribution in [0.3, 0.4) is 0 Å². The highest BCUT2D eigenvalue weighted by Crippen LogP contribution is 2.46. The lowest BCUT2D eigenvalue weighted by molar-refractivity contribution is 0.572. The van der Waals surface area contributed by atoms with Gasteiger partial charge < -0.3 is 0 Å². The molecule has 0 fully saturated rings. The van der Waals surface area contributed by atoms with Gasteiger partial charge in [-0.15, -0.1) is 0 Å². The molecule has 0 bridgehead atoms. The van der Waals surface area contributed by atoms with Crippen LogP contribution in [0.4, 0.5) is 0 Å². The first-order valence-corrected chi connectivity index (χ1v) is 15.0. The first-order chi connectivity index (χ1) is 19.8. The molecule has 40 heavy (non-hydrogen) atoms. The lowest BCUT2D eigenvalue weighted by Crippen LogP contribution is -2.29. The lowest BCUT2D eigenvalue weighted by Gasteiger charge is -2.28. The molecule has 8 rings (SSSR count). The summed E-state index contributed by atoms with van der Waals surface area (Å²) in [6, 6.07) is 27.3. The van der Waals surface area contributed by atoms with Crippen LogP contribution in [0.5, 0.6) is 0 Å². The Bertz CT molecular complexity index is 1910. The number of hydrogen-bond acceptors (Lipinski definition) is 0. The smallest absolute Gasteiger partial charge is 0.00667 e. The molecule has 0 saturated carbocycles. The van der Waals surface area contributed by atoms with Crippen LogP contribution in [0.15, 0.2) is 120 Å². The van der Waals surface area contributed by atoms with E-state index in [1.165, 1.54) is 78.2 Å². The Hall–Kier alpha value is -4.16. The second kappa shape index (κ2) is 9.79. The first kappa shape index (κ1) is 23.7. The molecule has 4 aromatic carbocycles. The molecule has 4 aromatic rings. The summed E-state index contributed by atoms with van der Waals surface area (Å²) in [5.41, 5.74) is 10.4. The van der Waals surface area contributed by atoms with E-state index in [1.807, 2.05) is 0 Å².